The summed E-state index contributed by atoms with van der Waals surface area (Å²) in [5.41, 5.74) is -1.32. The smallest absolute Gasteiger partial charge is 0.199 e. The molecule has 0 aromatic heterocycles. The van der Waals surface area contributed by atoms with Crippen LogP contribution in [0.1, 0.15) is 87.5 Å². The number of ether oxygens (including phenoxy) is 5. The van der Waals surface area contributed by atoms with Crippen molar-refractivity contribution in [3.05, 3.63) is 23.5 Å². The number of Topliss-reactive ketones (excluding diaryl/α,β-unsaturated/α-hetero) is 1. The molecular weight excluding hydrogens is 688 g/mol. The van der Waals surface area contributed by atoms with Crippen LogP contribution < -0.4 is 0 Å². The van der Waals surface area contributed by atoms with Crippen molar-refractivity contribution in [3.63, 3.8) is 0 Å². The van der Waals surface area contributed by atoms with Gasteiger partial charge in [-0.3, -0.25) is 9.59 Å². The molecule has 3 saturated carbocycles. The van der Waals surface area contributed by atoms with Crippen LogP contribution in [0.2, 0.25) is 0 Å². The van der Waals surface area contributed by atoms with Crippen LogP contribution in [0.3, 0.4) is 0 Å². The predicted molar refractivity (Wildman–Crippen MR) is 187 cm³/mol. The Morgan fingerprint density at radius 1 is 0.849 bits per heavy atom. The second-order valence-corrected chi connectivity index (χ2v) is 18.6. The maximum absolute atomic E-state index is 14.8. The van der Waals surface area contributed by atoms with E-state index in [0.29, 0.717) is 31.4 Å². The van der Waals surface area contributed by atoms with E-state index < -0.39 is 101 Å². The molecule has 298 valence electrons. The van der Waals surface area contributed by atoms with Crippen LogP contribution >= 0.6 is 0 Å². The number of ketones is 2. The highest BCUT2D eigenvalue weighted by atomic mass is 16.8. The Hall–Kier alpha value is -1.78. The van der Waals surface area contributed by atoms with Gasteiger partial charge in [0.15, 0.2) is 24.5 Å². The Morgan fingerprint density at radius 3 is 2.21 bits per heavy atom. The van der Waals surface area contributed by atoms with Crippen molar-refractivity contribution in [1.29, 1.82) is 0 Å². The second-order valence-electron chi connectivity index (χ2n) is 18.6. The lowest BCUT2D eigenvalue weighted by molar-refractivity contribution is -0.360. The highest BCUT2D eigenvalue weighted by Crippen LogP contribution is 2.74. The molecule has 6 N–H and O–H groups in total. The molecule has 4 aliphatic carbocycles. The molecule has 2 unspecified atom stereocenters. The number of hydrogen-bond acceptors (Lipinski definition) is 13. The van der Waals surface area contributed by atoms with Gasteiger partial charge in [-0.15, -0.1) is 0 Å². The SMILES string of the molecule is CC(C)C1=CC(=O)C([C@H]2[C@H](O)C[C@@]3(C)[C@@H]4CC=C5[C@@H](CC[C@@H](O[C@@H]6OC[C@@H](O)[C@H](O)C6O[C@H]6O[C@H](C)[C@@H](O)[C@H](O)[C@@H]6O)C5(C)C)[C@]4(C)C(=O)C[C@]23C)O1. The van der Waals surface area contributed by atoms with Gasteiger partial charge in [-0.1, -0.05) is 60.1 Å². The van der Waals surface area contributed by atoms with Crippen molar-refractivity contribution >= 4 is 11.6 Å². The number of allylic oxidation sites excluding steroid dienone is 2. The molecule has 0 bridgehead atoms. The Morgan fingerprint density at radius 2 is 1.55 bits per heavy atom. The first-order valence-corrected chi connectivity index (χ1v) is 19.5. The van der Waals surface area contributed by atoms with E-state index in [1.54, 1.807) is 6.08 Å². The molecule has 0 spiro atoms. The quantitative estimate of drug-likeness (QED) is 0.216. The van der Waals surface area contributed by atoms with E-state index in [1.807, 2.05) is 13.8 Å². The third-order valence-electron chi connectivity index (χ3n) is 15.2. The van der Waals surface area contributed by atoms with Crippen molar-refractivity contribution in [3.8, 4) is 0 Å². The molecule has 53 heavy (non-hydrogen) atoms. The minimum absolute atomic E-state index is 0.0358. The molecule has 13 heteroatoms. The number of fused-ring (bicyclic) bond motifs is 5. The number of aliphatic hydroxyl groups excluding tert-OH is 6. The van der Waals surface area contributed by atoms with E-state index in [9.17, 15) is 40.2 Å². The summed E-state index contributed by atoms with van der Waals surface area (Å²) in [7, 11) is 0. The lowest BCUT2D eigenvalue weighted by Crippen LogP contribution is -2.64. The third-order valence-corrected chi connectivity index (χ3v) is 15.2. The van der Waals surface area contributed by atoms with Crippen molar-refractivity contribution in [2.75, 3.05) is 6.61 Å². The zero-order valence-electron chi connectivity index (χ0n) is 32.2. The Labute approximate surface area is 311 Å². The fourth-order valence-corrected chi connectivity index (χ4v) is 11.8. The molecule has 0 aromatic carbocycles. The predicted octanol–water partition coefficient (Wildman–Crippen LogP) is 1.93. The number of carbonyl (C=O) groups excluding carboxylic acids is 2. The molecule has 18 atom stereocenters. The van der Waals surface area contributed by atoms with E-state index in [-0.39, 0.29) is 42.3 Å². The van der Waals surface area contributed by atoms with Crippen LogP contribution in [0.5, 0.6) is 0 Å². The summed E-state index contributed by atoms with van der Waals surface area (Å²) in [5.74, 6) is -0.0172. The number of carbonyl (C=O) groups is 2. The van der Waals surface area contributed by atoms with Crippen molar-refractivity contribution in [1.82, 2.24) is 0 Å². The number of aliphatic hydroxyl groups is 6. The van der Waals surface area contributed by atoms with Gasteiger partial charge in [-0.2, -0.15) is 0 Å². The summed E-state index contributed by atoms with van der Waals surface area (Å²) < 4.78 is 30.4. The standard InChI is InChI=1S/C40H60O13/c1-17(2)24-13-21(41)33(51-24)28-22(42)14-38(6)25-11-9-19-20(40(25,8)26(44)15-39(28,38)7)10-12-27(37(19,4)5)52-36-34(30(46)23(43)16-49-36)53-35-32(48)31(47)29(45)18(3)50-35/h9,13,17-18,20,22-23,25,27-36,42-43,45-48H,10-12,14-16H2,1-8H3/t18-,20-,22-,23-,25+,27-,28-,29-,30+,31+,32+,33?,34?,35-,36+,38+,39-,40+/m1/s1. The van der Waals surface area contributed by atoms with Gasteiger partial charge in [-0.05, 0) is 55.3 Å². The van der Waals surface area contributed by atoms with Crippen molar-refractivity contribution in [2.24, 2.45) is 45.3 Å². The van der Waals surface area contributed by atoms with Gasteiger partial charge in [-0.25, -0.2) is 0 Å². The van der Waals surface area contributed by atoms with Gasteiger partial charge in [0.2, 0.25) is 0 Å². The minimum atomic E-state index is -1.63. The van der Waals surface area contributed by atoms with Crippen LogP contribution in [-0.2, 0) is 33.3 Å². The first kappa shape index (κ1) is 39.5. The monoisotopic (exact) mass is 748 g/mol. The van der Waals surface area contributed by atoms with Gasteiger partial charge in [0.05, 0.1) is 24.9 Å². The molecule has 3 heterocycles. The molecule has 2 saturated heterocycles. The van der Waals surface area contributed by atoms with Gasteiger partial charge in [0.1, 0.15) is 48.2 Å². The Kier molecular flexibility index (Phi) is 9.99. The van der Waals surface area contributed by atoms with E-state index in [4.69, 9.17) is 23.7 Å². The minimum Gasteiger partial charge on any atom is -0.486 e. The van der Waals surface area contributed by atoms with E-state index >= 15 is 0 Å². The van der Waals surface area contributed by atoms with Gasteiger partial charge >= 0.3 is 0 Å². The topological polar surface area (TPSA) is 202 Å². The summed E-state index contributed by atoms with van der Waals surface area (Å²) in [6.07, 6.45) is -7.81. The van der Waals surface area contributed by atoms with Crippen LogP contribution in [0.15, 0.2) is 23.5 Å². The van der Waals surface area contributed by atoms with Crippen LogP contribution in [0.25, 0.3) is 0 Å². The van der Waals surface area contributed by atoms with E-state index in [0.717, 1.165) is 5.57 Å². The molecule has 13 nitrogen and oxygen atoms in total. The lowest BCUT2D eigenvalue weighted by Gasteiger charge is -2.64. The summed E-state index contributed by atoms with van der Waals surface area (Å²) in [5, 5.41) is 64.4. The highest BCUT2D eigenvalue weighted by molar-refractivity contribution is 5.96. The van der Waals surface area contributed by atoms with Crippen LogP contribution in [0.4, 0.5) is 0 Å². The molecular formula is C40H60O13. The van der Waals surface area contributed by atoms with E-state index in [1.165, 1.54) is 6.92 Å². The molecule has 0 amide bonds. The number of rotatable bonds is 6. The summed E-state index contributed by atoms with van der Waals surface area (Å²) in [6, 6.07) is 0. The molecule has 0 radical (unpaired) electrons. The molecule has 7 rings (SSSR count). The molecule has 0 aromatic rings. The molecule has 7 aliphatic rings. The van der Waals surface area contributed by atoms with Crippen LogP contribution in [0, 0.1) is 45.3 Å². The zero-order valence-corrected chi connectivity index (χ0v) is 32.2. The highest BCUT2D eigenvalue weighted by Gasteiger charge is 2.73. The average molecular weight is 749 g/mol. The largest absolute Gasteiger partial charge is 0.486 e. The second kappa shape index (κ2) is 13.4. The third kappa shape index (κ3) is 5.77. The molecule has 3 aliphatic heterocycles. The first-order valence-electron chi connectivity index (χ1n) is 19.5. The zero-order chi connectivity index (χ0) is 38.7. The Balaban J connectivity index is 1.13. The fraction of sp³-hybridized carbons (Fsp3) is 0.850. The van der Waals surface area contributed by atoms with Gasteiger partial charge < -0.3 is 54.3 Å². The number of hydrogen-bond donors (Lipinski definition) is 6. The van der Waals surface area contributed by atoms with Crippen molar-refractivity contribution in [2.45, 2.75) is 161 Å². The van der Waals surface area contributed by atoms with E-state index in [2.05, 4.69) is 40.7 Å². The van der Waals surface area contributed by atoms with Gasteiger partial charge in [0, 0.05) is 35.2 Å². The fourth-order valence-electron chi connectivity index (χ4n) is 11.8. The average Bonchev–Trinajstić information content (AvgIpc) is 3.55. The Bertz CT molecular complexity index is 1520. The maximum Gasteiger partial charge on any atom is 0.199 e. The lowest BCUT2D eigenvalue weighted by atomic mass is 9.39. The first-order chi connectivity index (χ1) is 24.7. The normalized spacial score (nSPS) is 52.3. The van der Waals surface area contributed by atoms with Gasteiger partial charge in [0.25, 0.3) is 0 Å². The summed E-state index contributed by atoms with van der Waals surface area (Å²) in [6.45, 7) is 15.8. The molecule has 5 fully saturated rings. The summed E-state index contributed by atoms with van der Waals surface area (Å²) >= 11 is 0. The maximum atomic E-state index is 14.8. The van der Waals surface area contributed by atoms with Crippen LogP contribution in [-0.4, -0.2) is 122 Å². The van der Waals surface area contributed by atoms with Crippen molar-refractivity contribution < 1.29 is 63.9 Å². The summed E-state index contributed by atoms with van der Waals surface area (Å²) in [4.78, 5) is 28.1.